The average molecular weight is 252 g/mol. The summed E-state index contributed by atoms with van der Waals surface area (Å²) in [6, 6.07) is 14.2. The Balaban J connectivity index is 0.00000180. The number of para-hydroxylation sites is 2. The van der Waals surface area contributed by atoms with Crippen LogP contribution in [0.15, 0.2) is 58.5 Å². The second-order valence-corrected chi connectivity index (χ2v) is 3.44. The van der Waals surface area contributed by atoms with Crippen molar-refractivity contribution in [2.24, 2.45) is 9.98 Å². The standard InChI is InChI=1S/C14H8N2O2.CH4/c17-9-15-13-7-3-1-5-11(13)12-6-2-4-8-14(12)16-10-18;/h1-8H;1H4. The molecule has 2 rings (SSSR count). The number of hydrogen-bond acceptors (Lipinski definition) is 4. The van der Waals surface area contributed by atoms with Crippen LogP contribution in [-0.4, -0.2) is 12.2 Å². The molecule has 0 fully saturated rings. The van der Waals surface area contributed by atoms with Gasteiger partial charge in [0, 0.05) is 11.1 Å². The van der Waals surface area contributed by atoms with Crippen molar-refractivity contribution in [1.82, 2.24) is 0 Å². The zero-order valence-electron chi connectivity index (χ0n) is 9.33. The van der Waals surface area contributed by atoms with Crippen molar-refractivity contribution >= 4 is 23.5 Å². The second-order valence-electron chi connectivity index (χ2n) is 3.44. The maximum atomic E-state index is 10.4. The number of rotatable bonds is 3. The van der Waals surface area contributed by atoms with E-state index in [2.05, 4.69) is 9.98 Å². The van der Waals surface area contributed by atoms with Crippen molar-refractivity contribution in [3.8, 4) is 11.1 Å². The van der Waals surface area contributed by atoms with Gasteiger partial charge in [0.15, 0.2) is 0 Å². The van der Waals surface area contributed by atoms with Crippen LogP contribution in [-0.2, 0) is 9.59 Å². The zero-order valence-corrected chi connectivity index (χ0v) is 9.33. The fraction of sp³-hybridized carbons (Fsp3) is 0.0667. The zero-order chi connectivity index (χ0) is 12.8. The molecule has 0 unspecified atom stereocenters. The van der Waals surface area contributed by atoms with E-state index in [9.17, 15) is 9.59 Å². The molecule has 2 aromatic carbocycles. The van der Waals surface area contributed by atoms with E-state index in [0.29, 0.717) is 11.4 Å². The summed E-state index contributed by atoms with van der Waals surface area (Å²) in [5.41, 5.74) is 2.41. The van der Waals surface area contributed by atoms with Gasteiger partial charge in [-0.25, -0.2) is 9.59 Å². The van der Waals surface area contributed by atoms with E-state index in [0.717, 1.165) is 11.1 Å². The van der Waals surface area contributed by atoms with Crippen molar-refractivity contribution in [2.45, 2.75) is 7.43 Å². The van der Waals surface area contributed by atoms with Gasteiger partial charge in [0.25, 0.3) is 0 Å². The van der Waals surface area contributed by atoms with Gasteiger partial charge in [-0.05, 0) is 12.1 Å². The number of aliphatic imine (C=N–C) groups is 2. The molecule has 94 valence electrons. The molecule has 0 spiro atoms. The summed E-state index contributed by atoms with van der Waals surface area (Å²) in [5.74, 6) is 0. The first kappa shape index (κ1) is 14.3. The number of isocyanates is 2. The quantitative estimate of drug-likeness (QED) is 0.614. The van der Waals surface area contributed by atoms with Crippen molar-refractivity contribution < 1.29 is 9.59 Å². The molecular weight excluding hydrogens is 240 g/mol. The van der Waals surface area contributed by atoms with E-state index >= 15 is 0 Å². The third-order valence-corrected chi connectivity index (χ3v) is 2.43. The molecule has 0 aliphatic heterocycles. The van der Waals surface area contributed by atoms with Gasteiger partial charge in [0.05, 0.1) is 11.4 Å². The Morgan fingerprint density at radius 3 is 1.42 bits per heavy atom. The largest absolute Gasteiger partial charge is 0.240 e. The lowest BCUT2D eigenvalue weighted by atomic mass is 10.0. The monoisotopic (exact) mass is 252 g/mol. The molecule has 0 aliphatic carbocycles. The van der Waals surface area contributed by atoms with Crippen LogP contribution >= 0.6 is 0 Å². The van der Waals surface area contributed by atoms with Crippen LogP contribution < -0.4 is 0 Å². The van der Waals surface area contributed by atoms with Crippen molar-refractivity contribution in [2.75, 3.05) is 0 Å². The lowest BCUT2D eigenvalue weighted by molar-refractivity contribution is 0.564. The highest BCUT2D eigenvalue weighted by atomic mass is 16.1. The molecule has 0 saturated carbocycles. The molecule has 0 aromatic heterocycles. The Morgan fingerprint density at radius 2 is 1.05 bits per heavy atom. The Hall–Kier alpha value is -2.80. The SMILES string of the molecule is C.O=C=Nc1ccccc1-c1ccccc1N=C=O. The molecule has 0 aliphatic rings. The maximum Gasteiger partial charge on any atom is 0.240 e. The maximum absolute atomic E-state index is 10.4. The second kappa shape index (κ2) is 6.82. The summed E-state index contributed by atoms with van der Waals surface area (Å²) in [6.07, 6.45) is 3.03. The van der Waals surface area contributed by atoms with Gasteiger partial charge in [0.2, 0.25) is 12.2 Å². The molecule has 4 heteroatoms. The molecule has 0 atom stereocenters. The normalized spacial score (nSPS) is 8.63. The van der Waals surface area contributed by atoms with Crippen LogP contribution in [0, 0.1) is 0 Å². The highest BCUT2D eigenvalue weighted by molar-refractivity contribution is 5.85. The molecule has 0 radical (unpaired) electrons. The van der Waals surface area contributed by atoms with E-state index in [1.807, 2.05) is 12.1 Å². The lowest BCUT2D eigenvalue weighted by Gasteiger charge is -2.06. The van der Waals surface area contributed by atoms with E-state index < -0.39 is 0 Å². The highest BCUT2D eigenvalue weighted by Gasteiger charge is 2.07. The van der Waals surface area contributed by atoms with Crippen LogP contribution in [0.25, 0.3) is 11.1 Å². The third-order valence-electron chi connectivity index (χ3n) is 2.43. The summed E-state index contributed by atoms with van der Waals surface area (Å²) < 4.78 is 0. The van der Waals surface area contributed by atoms with Crippen LogP contribution in [0.3, 0.4) is 0 Å². The van der Waals surface area contributed by atoms with E-state index in [-0.39, 0.29) is 7.43 Å². The molecule has 19 heavy (non-hydrogen) atoms. The van der Waals surface area contributed by atoms with Crippen molar-refractivity contribution in [1.29, 1.82) is 0 Å². The lowest BCUT2D eigenvalue weighted by Crippen LogP contribution is -1.80. The fourth-order valence-electron chi connectivity index (χ4n) is 1.70. The first-order valence-corrected chi connectivity index (χ1v) is 5.21. The molecule has 0 bridgehead atoms. The van der Waals surface area contributed by atoms with Gasteiger partial charge in [0.1, 0.15) is 0 Å². The predicted octanol–water partition coefficient (Wildman–Crippen LogP) is 3.92. The molecule has 0 heterocycles. The molecular formula is C15H12N2O2. The summed E-state index contributed by atoms with van der Waals surface area (Å²) in [4.78, 5) is 28.1. The van der Waals surface area contributed by atoms with E-state index in [1.54, 1.807) is 36.4 Å². The van der Waals surface area contributed by atoms with Gasteiger partial charge >= 0.3 is 0 Å². The van der Waals surface area contributed by atoms with Crippen LogP contribution in [0.1, 0.15) is 7.43 Å². The van der Waals surface area contributed by atoms with Gasteiger partial charge in [-0.2, -0.15) is 9.98 Å². The van der Waals surface area contributed by atoms with Gasteiger partial charge in [-0.1, -0.05) is 43.8 Å². The molecule has 2 aromatic rings. The topological polar surface area (TPSA) is 58.9 Å². The van der Waals surface area contributed by atoms with Crippen molar-refractivity contribution in [3.63, 3.8) is 0 Å². The minimum Gasteiger partial charge on any atom is -0.211 e. The number of hydrogen-bond donors (Lipinski definition) is 0. The van der Waals surface area contributed by atoms with Crippen LogP contribution in [0.5, 0.6) is 0 Å². The number of carbonyl (C=O) groups excluding carboxylic acids is 2. The van der Waals surface area contributed by atoms with E-state index in [4.69, 9.17) is 0 Å². The van der Waals surface area contributed by atoms with Gasteiger partial charge < -0.3 is 0 Å². The van der Waals surface area contributed by atoms with E-state index in [1.165, 1.54) is 12.2 Å². The summed E-state index contributed by atoms with van der Waals surface area (Å²) >= 11 is 0. The Bertz CT molecular complexity index is 608. The Morgan fingerprint density at radius 1 is 0.684 bits per heavy atom. The van der Waals surface area contributed by atoms with Gasteiger partial charge in [-0.15, -0.1) is 0 Å². The first-order chi connectivity index (χ1) is 8.86. The Kier molecular flexibility index (Phi) is 5.12. The molecule has 0 saturated heterocycles. The highest BCUT2D eigenvalue weighted by Crippen LogP contribution is 2.35. The number of nitrogens with zero attached hydrogens (tertiary/aromatic N) is 2. The van der Waals surface area contributed by atoms with Crippen molar-refractivity contribution in [3.05, 3.63) is 48.5 Å². The average Bonchev–Trinajstić information content (AvgIpc) is 2.41. The smallest absolute Gasteiger partial charge is 0.211 e. The first-order valence-electron chi connectivity index (χ1n) is 5.21. The predicted molar refractivity (Wildman–Crippen MR) is 74.2 cm³/mol. The van der Waals surface area contributed by atoms with Crippen LogP contribution in [0.4, 0.5) is 11.4 Å². The van der Waals surface area contributed by atoms with Gasteiger partial charge in [-0.3, -0.25) is 0 Å². The molecule has 0 N–H and O–H groups in total. The fourth-order valence-corrected chi connectivity index (χ4v) is 1.70. The Labute approximate surface area is 111 Å². The number of benzene rings is 2. The summed E-state index contributed by atoms with van der Waals surface area (Å²) in [7, 11) is 0. The molecule has 4 nitrogen and oxygen atoms in total. The van der Waals surface area contributed by atoms with Crippen LogP contribution in [0.2, 0.25) is 0 Å². The summed E-state index contributed by atoms with van der Waals surface area (Å²) in [5, 5.41) is 0. The third kappa shape index (κ3) is 3.11. The summed E-state index contributed by atoms with van der Waals surface area (Å²) in [6.45, 7) is 0. The minimum atomic E-state index is 0. The molecule has 0 amide bonds. The minimum absolute atomic E-state index is 0.